The molecular weight excluding hydrogens is 420 g/mol. The minimum absolute atomic E-state index is 0.00451. The van der Waals surface area contributed by atoms with Gasteiger partial charge in [0.1, 0.15) is 11.9 Å². The van der Waals surface area contributed by atoms with E-state index in [1.54, 1.807) is 0 Å². The van der Waals surface area contributed by atoms with E-state index in [0.29, 0.717) is 30.1 Å². The molecule has 0 N–H and O–H groups in total. The summed E-state index contributed by atoms with van der Waals surface area (Å²) in [4.78, 5) is 38.6. The molecule has 6 bridgehead atoms. The number of ketones is 1. The lowest BCUT2D eigenvalue weighted by atomic mass is 9.49. The number of esters is 2. The third-order valence-electron chi connectivity index (χ3n) is 10.7. The summed E-state index contributed by atoms with van der Waals surface area (Å²) in [5.41, 5.74) is -0.734. The Morgan fingerprint density at radius 3 is 2.27 bits per heavy atom. The fraction of sp³-hybridized carbons (Fsp3) is 0.889. The molecule has 6 heteroatoms. The van der Waals surface area contributed by atoms with E-state index in [1.165, 1.54) is 6.42 Å². The molecule has 7 fully saturated rings. The van der Waals surface area contributed by atoms with E-state index in [4.69, 9.17) is 14.2 Å². The van der Waals surface area contributed by atoms with Crippen LogP contribution in [0.25, 0.3) is 0 Å². The summed E-state index contributed by atoms with van der Waals surface area (Å²) in [6, 6.07) is 0. The van der Waals surface area contributed by atoms with Gasteiger partial charge < -0.3 is 14.2 Å². The van der Waals surface area contributed by atoms with E-state index in [-0.39, 0.29) is 53.4 Å². The quantitative estimate of drug-likeness (QED) is 0.322. The summed E-state index contributed by atoms with van der Waals surface area (Å²) >= 11 is 0. The molecule has 7 unspecified atom stereocenters. The monoisotopic (exact) mass is 458 g/mol. The molecule has 0 aromatic rings. The molecule has 7 atom stereocenters. The zero-order valence-electron chi connectivity index (χ0n) is 20.3. The smallest absolute Gasteiger partial charge is 0.312 e. The maximum atomic E-state index is 12.9. The van der Waals surface area contributed by atoms with Crippen molar-refractivity contribution in [3.05, 3.63) is 0 Å². The number of carbonyl (C=O) groups is 3. The Hall–Kier alpha value is -1.43. The fourth-order valence-corrected chi connectivity index (χ4v) is 8.72. The molecule has 7 aliphatic rings. The van der Waals surface area contributed by atoms with Crippen LogP contribution < -0.4 is 0 Å². The van der Waals surface area contributed by atoms with Crippen LogP contribution in [-0.4, -0.2) is 37.2 Å². The normalized spacial score (nSPS) is 48.2. The van der Waals surface area contributed by atoms with Gasteiger partial charge in [-0.05, 0) is 87.9 Å². The number of hydrogen-bond acceptors (Lipinski definition) is 6. The van der Waals surface area contributed by atoms with E-state index in [1.807, 2.05) is 6.92 Å². The number of ether oxygens (including phenoxy) is 3. The summed E-state index contributed by atoms with van der Waals surface area (Å²) in [7, 11) is 0. The van der Waals surface area contributed by atoms with Gasteiger partial charge in [-0.2, -0.15) is 0 Å². The Morgan fingerprint density at radius 2 is 1.64 bits per heavy atom. The highest BCUT2D eigenvalue weighted by Gasteiger charge is 2.65. The number of hydrogen-bond donors (Lipinski definition) is 0. The molecule has 7 saturated carbocycles. The molecule has 0 radical (unpaired) electrons. The number of rotatable bonds is 7. The molecule has 6 nitrogen and oxygen atoms in total. The van der Waals surface area contributed by atoms with Gasteiger partial charge in [-0.1, -0.05) is 13.8 Å². The zero-order chi connectivity index (χ0) is 23.2. The number of Topliss-reactive ketones (excluding diaryl/α,β-unsaturated/α-hetero) is 1. The van der Waals surface area contributed by atoms with Gasteiger partial charge in [0.25, 0.3) is 0 Å². The average molecular weight is 459 g/mol. The van der Waals surface area contributed by atoms with Crippen molar-refractivity contribution in [2.24, 2.45) is 51.8 Å². The van der Waals surface area contributed by atoms with Crippen molar-refractivity contribution in [3.8, 4) is 0 Å². The molecule has 0 amide bonds. The van der Waals surface area contributed by atoms with E-state index >= 15 is 0 Å². The van der Waals surface area contributed by atoms with E-state index in [2.05, 4.69) is 13.8 Å². The van der Waals surface area contributed by atoms with Crippen LogP contribution in [0.1, 0.15) is 78.6 Å². The van der Waals surface area contributed by atoms with Crippen LogP contribution in [0.5, 0.6) is 0 Å². The Kier molecular flexibility index (Phi) is 4.87. The first-order valence-electron chi connectivity index (χ1n) is 13.1. The minimum atomic E-state index is -0.395. The van der Waals surface area contributed by atoms with Gasteiger partial charge in [-0.25, -0.2) is 0 Å². The van der Waals surface area contributed by atoms with Crippen molar-refractivity contribution in [2.45, 2.75) is 84.7 Å². The molecule has 0 heterocycles. The van der Waals surface area contributed by atoms with Gasteiger partial charge in [0, 0.05) is 11.8 Å². The third-order valence-corrected chi connectivity index (χ3v) is 10.7. The summed E-state index contributed by atoms with van der Waals surface area (Å²) < 4.78 is 17.3. The molecule has 0 saturated heterocycles. The lowest BCUT2D eigenvalue weighted by Gasteiger charge is -2.55. The molecule has 0 aliphatic heterocycles. The van der Waals surface area contributed by atoms with Gasteiger partial charge >= 0.3 is 11.9 Å². The van der Waals surface area contributed by atoms with Crippen molar-refractivity contribution >= 4 is 17.7 Å². The lowest BCUT2D eigenvalue weighted by Crippen LogP contribution is -2.55. The molecule has 7 aliphatic carbocycles. The Labute approximate surface area is 196 Å². The zero-order valence-corrected chi connectivity index (χ0v) is 20.3. The van der Waals surface area contributed by atoms with Crippen molar-refractivity contribution in [1.82, 2.24) is 0 Å². The second-order valence-electron chi connectivity index (χ2n) is 13.3. The summed E-state index contributed by atoms with van der Waals surface area (Å²) in [6.45, 7) is 6.49. The van der Waals surface area contributed by atoms with Crippen molar-refractivity contribution in [2.75, 3.05) is 13.4 Å². The van der Waals surface area contributed by atoms with Crippen molar-refractivity contribution in [1.29, 1.82) is 0 Å². The van der Waals surface area contributed by atoms with Gasteiger partial charge in [-0.15, -0.1) is 0 Å². The van der Waals surface area contributed by atoms with Gasteiger partial charge in [-0.3, -0.25) is 14.4 Å². The standard InChI is InChI=1S/C27H38O6/c1-25(2)12-26(25,3)24(30)33-21-9-15-7-19(21)20(8-15)23(29)32-14-31-13-27-10-16-4-17(11-27)6-18(5-16)22(27)28/h15-21H,4-14H2,1-3H3. The van der Waals surface area contributed by atoms with Gasteiger partial charge in [0.05, 0.1) is 23.4 Å². The van der Waals surface area contributed by atoms with Crippen LogP contribution in [0, 0.1) is 51.8 Å². The Bertz CT molecular complexity index is 864. The molecule has 33 heavy (non-hydrogen) atoms. The SMILES string of the molecule is CC1(C)CC1(C)C(=O)OC1CC2CC(C(=O)OCOCC34CC5CC(CC(C5)C3=O)C4)C1C2. The third kappa shape index (κ3) is 3.41. The highest BCUT2D eigenvalue weighted by Crippen LogP contribution is 2.64. The van der Waals surface area contributed by atoms with Crippen LogP contribution in [0.3, 0.4) is 0 Å². The van der Waals surface area contributed by atoms with E-state index in [0.717, 1.165) is 51.4 Å². The van der Waals surface area contributed by atoms with Crippen LogP contribution in [0.2, 0.25) is 0 Å². The van der Waals surface area contributed by atoms with Crippen molar-refractivity contribution in [3.63, 3.8) is 0 Å². The fourth-order valence-electron chi connectivity index (χ4n) is 8.72. The second kappa shape index (κ2) is 7.29. The van der Waals surface area contributed by atoms with Crippen LogP contribution >= 0.6 is 0 Å². The Morgan fingerprint density at radius 1 is 0.939 bits per heavy atom. The summed E-state index contributed by atoms with van der Waals surface area (Å²) in [6.07, 6.45) is 8.59. The molecule has 0 spiro atoms. The first-order valence-corrected chi connectivity index (χ1v) is 13.1. The van der Waals surface area contributed by atoms with Crippen LogP contribution in [-0.2, 0) is 28.6 Å². The first-order chi connectivity index (χ1) is 15.6. The number of fused-ring (bicyclic) bond motifs is 2. The summed E-state index contributed by atoms with van der Waals surface area (Å²) in [5.74, 6) is 1.89. The predicted octanol–water partition coefficient (Wildman–Crippen LogP) is 4.29. The first kappa shape index (κ1) is 22.1. The van der Waals surface area contributed by atoms with E-state index in [9.17, 15) is 14.4 Å². The van der Waals surface area contributed by atoms with E-state index < -0.39 is 5.41 Å². The predicted molar refractivity (Wildman–Crippen MR) is 119 cm³/mol. The van der Waals surface area contributed by atoms with Gasteiger partial charge in [0.2, 0.25) is 0 Å². The molecule has 0 aromatic heterocycles. The maximum absolute atomic E-state index is 12.9. The van der Waals surface area contributed by atoms with Crippen LogP contribution in [0.15, 0.2) is 0 Å². The van der Waals surface area contributed by atoms with Crippen LogP contribution in [0.4, 0.5) is 0 Å². The van der Waals surface area contributed by atoms with Gasteiger partial charge in [0.15, 0.2) is 6.79 Å². The molecule has 7 rings (SSSR count). The molecule has 0 aromatic carbocycles. The highest BCUT2D eigenvalue weighted by atomic mass is 16.7. The minimum Gasteiger partial charge on any atom is -0.462 e. The largest absolute Gasteiger partial charge is 0.462 e. The van der Waals surface area contributed by atoms with Crippen molar-refractivity contribution < 1.29 is 28.6 Å². The summed E-state index contributed by atoms with van der Waals surface area (Å²) in [5, 5.41) is 0. The number of carbonyl (C=O) groups excluding carboxylic acids is 3. The topological polar surface area (TPSA) is 78.9 Å². The molecule has 182 valence electrons. The Balaban J connectivity index is 0.997. The lowest BCUT2D eigenvalue weighted by molar-refractivity contribution is -0.179. The maximum Gasteiger partial charge on any atom is 0.312 e. The highest BCUT2D eigenvalue weighted by molar-refractivity contribution is 5.89. The molecular formula is C27H38O6. The second-order valence-corrected chi connectivity index (χ2v) is 13.3. The average Bonchev–Trinajstić information content (AvgIpc) is 3.09.